The van der Waals surface area contributed by atoms with Gasteiger partial charge in [-0.05, 0) is 44.4 Å². The van der Waals surface area contributed by atoms with Crippen molar-refractivity contribution in [3.8, 4) is 0 Å². The Morgan fingerprint density at radius 3 is 2.47 bits per heavy atom. The first-order valence-electron chi connectivity index (χ1n) is 6.14. The van der Waals surface area contributed by atoms with Crippen LogP contribution in [0.1, 0.15) is 30.4 Å². The Bertz CT molecular complexity index is 384. The van der Waals surface area contributed by atoms with E-state index in [1.807, 2.05) is 6.07 Å². The highest BCUT2D eigenvalue weighted by atomic mass is 14.8. The molecule has 17 heavy (non-hydrogen) atoms. The van der Waals surface area contributed by atoms with Gasteiger partial charge >= 0.3 is 0 Å². The maximum absolute atomic E-state index is 5.41. The first-order valence-corrected chi connectivity index (χ1v) is 6.14. The maximum Gasteiger partial charge on any atom is 0.0949 e. The van der Waals surface area contributed by atoms with Crippen molar-refractivity contribution >= 4 is 11.7 Å². The zero-order valence-corrected chi connectivity index (χ0v) is 10.7. The molecule has 1 aromatic carbocycles. The van der Waals surface area contributed by atoms with Gasteiger partial charge in [0, 0.05) is 6.54 Å². The van der Waals surface area contributed by atoms with Gasteiger partial charge in [0.25, 0.3) is 0 Å². The fourth-order valence-corrected chi connectivity index (χ4v) is 1.63. The lowest BCUT2D eigenvalue weighted by Crippen LogP contribution is -1.97. The summed E-state index contributed by atoms with van der Waals surface area (Å²) in [5.74, 6) is 0. The number of aryl methyl sites for hydroxylation is 2. The smallest absolute Gasteiger partial charge is 0.0949 e. The summed E-state index contributed by atoms with van der Waals surface area (Å²) in [6.45, 7) is 5.65. The number of aliphatic imine (C=N–C) groups is 2. The second-order valence-electron chi connectivity index (χ2n) is 4.18. The normalized spacial score (nSPS) is 9.82. The van der Waals surface area contributed by atoms with E-state index in [4.69, 9.17) is 5.73 Å². The van der Waals surface area contributed by atoms with Crippen LogP contribution < -0.4 is 5.73 Å². The van der Waals surface area contributed by atoms with E-state index >= 15 is 0 Å². The summed E-state index contributed by atoms with van der Waals surface area (Å²) in [6.07, 6.45) is 3.26. The molecule has 0 unspecified atom stereocenters. The van der Waals surface area contributed by atoms with Crippen LogP contribution in [0.15, 0.2) is 28.2 Å². The number of hydrogen-bond acceptors (Lipinski definition) is 3. The second kappa shape index (κ2) is 7.77. The largest absolute Gasteiger partial charge is 0.330 e. The number of nitrogens with two attached hydrogens (primary N) is 1. The molecule has 0 atom stereocenters. The minimum absolute atomic E-state index is 0.764. The van der Waals surface area contributed by atoms with Gasteiger partial charge < -0.3 is 5.73 Å². The molecule has 0 saturated heterocycles. The summed E-state index contributed by atoms with van der Waals surface area (Å²) >= 11 is 0. The van der Waals surface area contributed by atoms with Gasteiger partial charge in [0.2, 0.25) is 0 Å². The van der Waals surface area contributed by atoms with Crippen LogP contribution >= 0.6 is 0 Å². The first kappa shape index (κ1) is 13.6. The molecule has 92 valence electrons. The molecule has 0 spiro atoms. The topological polar surface area (TPSA) is 50.7 Å². The van der Waals surface area contributed by atoms with Crippen molar-refractivity contribution in [3.05, 3.63) is 29.3 Å². The van der Waals surface area contributed by atoms with E-state index in [2.05, 4.69) is 42.0 Å². The average Bonchev–Trinajstić information content (AvgIpc) is 2.31. The highest BCUT2D eigenvalue weighted by molar-refractivity contribution is 5.59. The Hall–Kier alpha value is -1.44. The molecule has 0 aliphatic heterocycles. The standard InChI is InChI=1S/C14H21N3/c1-12-7-6-8-13(2)14(12)17-11-16-10-5-3-4-9-15/h6-8H,3-5,9-10,15H2,1-2H3. The summed E-state index contributed by atoms with van der Waals surface area (Å²) < 4.78 is 0. The molecule has 0 amide bonds. The Balaban J connectivity index is 2.50. The van der Waals surface area contributed by atoms with Crippen molar-refractivity contribution in [1.82, 2.24) is 0 Å². The van der Waals surface area contributed by atoms with E-state index in [0.717, 1.165) is 49.2 Å². The van der Waals surface area contributed by atoms with Gasteiger partial charge in [0.15, 0.2) is 0 Å². The van der Waals surface area contributed by atoms with Crippen LogP contribution in [0.3, 0.4) is 0 Å². The Labute approximate surface area is 103 Å². The van der Waals surface area contributed by atoms with Crippen molar-refractivity contribution in [2.24, 2.45) is 15.7 Å². The van der Waals surface area contributed by atoms with E-state index in [9.17, 15) is 0 Å². The number of unbranched alkanes of at least 4 members (excludes halogenated alkanes) is 2. The van der Waals surface area contributed by atoms with Crippen LogP contribution in [0, 0.1) is 13.8 Å². The van der Waals surface area contributed by atoms with Gasteiger partial charge in [0.05, 0.1) is 11.7 Å². The van der Waals surface area contributed by atoms with E-state index in [-0.39, 0.29) is 0 Å². The van der Waals surface area contributed by atoms with Gasteiger partial charge in [-0.15, -0.1) is 0 Å². The molecule has 0 saturated carbocycles. The lowest BCUT2D eigenvalue weighted by molar-refractivity contribution is 0.696. The van der Waals surface area contributed by atoms with Crippen molar-refractivity contribution in [3.63, 3.8) is 0 Å². The molecule has 0 fully saturated rings. The summed E-state index contributed by atoms with van der Waals surface area (Å²) in [6, 6.07) is 8.92. The van der Waals surface area contributed by atoms with E-state index < -0.39 is 0 Å². The first-order chi connectivity index (χ1) is 8.25. The molecular weight excluding hydrogens is 210 g/mol. The molecule has 3 heteroatoms. The summed E-state index contributed by atoms with van der Waals surface area (Å²) in [5, 5.41) is 0. The Kier molecular flexibility index (Phi) is 6.23. The highest BCUT2D eigenvalue weighted by Gasteiger charge is 1.97. The number of nitrogens with zero attached hydrogens (tertiary/aromatic N) is 2. The quantitative estimate of drug-likeness (QED) is 0.593. The molecule has 0 aromatic heterocycles. The Morgan fingerprint density at radius 1 is 1.12 bits per heavy atom. The number of rotatable bonds is 6. The monoisotopic (exact) mass is 231 g/mol. The third-order valence-corrected chi connectivity index (χ3v) is 2.65. The summed E-state index contributed by atoms with van der Waals surface area (Å²) in [5.41, 5.74) is 8.72. The lowest BCUT2D eigenvalue weighted by atomic mass is 10.1. The van der Waals surface area contributed by atoms with E-state index in [0.29, 0.717) is 0 Å². The third-order valence-electron chi connectivity index (χ3n) is 2.65. The van der Waals surface area contributed by atoms with Crippen LogP contribution in [0.4, 0.5) is 5.69 Å². The molecule has 0 aliphatic rings. The van der Waals surface area contributed by atoms with Gasteiger partial charge in [0.1, 0.15) is 0 Å². The van der Waals surface area contributed by atoms with Crippen molar-refractivity contribution in [1.29, 1.82) is 0 Å². The van der Waals surface area contributed by atoms with Crippen LogP contribution in [-0.2, 0) is 0 Å². The zero-order chi connectivity index (χ0) is 12.5. The predicted molar refractivity (Wildman–Crippen MR) is 73.2 cm³/mol. The van der Waals surface area contributed by atoms with Crippen LogP contribution in [0.2, 0.25) is 0 Å². The zero-order valence-electron chi connectivity index (χ0n) is 10.7. The molecule has 0 radical (unpaired) electrons. The van der Waals surface area contributed by atoms with Gasteiger partial charge in [-0.1, -0.05) is 24.6 Å². The molecular formula is C14H21N3. The fourth-order valence-electron chi connectivity index (χ4n) is 1.63. The van der Waals surface area contributed by atoms with Gasteiger partial charge in [-0.2, -0.15) is 4.99 Å². The lowest BCUT2D eigenvalue weighted by Gasteiger charge is -2.00. The van der Waals surface area contributed by atoms with Gasteiger partial charge in [-0.3, -0.25) is 0 Å². The van der Waals surface area contributed by atoms with Crippen molar-refractivity contribution in [2.45, 2.75) is 33.1 Å². The minimum atomic E-state index is 0.764. The molecule has 0 aliphatic carbocycles. The number of hydrogen-bond donors (Lipinski definition) is 1. The molecule has 2 N–H and O–H groups in total. The Morgan fingerprint density at radius 2 is 1.82 bits per heavy atom. The van der Waals surface area contributed by atoms with E-state index in [1.54, 1.807) is 0 Å². The summed E-state index contributed by atoms with van der Waals surface area (Å²) in [7, 11) is 0. The third kappa shape index (κ3) is 4.94. The molecule has 0 heterocycles. The average molecular weight is 231 g/mol. The number of benzene rings is 1. The minimum Gasteiger partial charge on any atom is -0.330 e. The van der Waals surface area contributed by atoms with Crippen LogP contribution in [-0.4, -0.2) is 19.1 Å². The predicted octanol–water partition coefficient (Wildman–Crippen LogP) is 3.24. The maximum atomic E-state index is 5.41. The second-order valence-corrected chi connectivity index (χ2v) is 4.18. The van der Waals surface area contributed by atoms with Crippen molar-refractivity contribution in [2.75, 3.05) is 13.1 Å². The summed E-state index contributed by atoms with van der Waals surface area (Å²) in [4.78, 5) is 8.44. The fraction of sp³-hybridized carbons (Fsp3) is 0.500. The highest BCUT2D eigenvalue weighted by Crippen LogP contribution is 2.21. The van der Waals surface area contributed by atoms with E-state index in [1.165, 1.54) is 0 Å². The van der Waals surface area contributed by atoms with Crippen molar-refractivity contribution < 1.29 is 0 Å². The van der Waals surface area contributed by atoms with Crippen LogP contribution in [0.5, 0.6) is 0 Å². The SMILES string of the molecule is Cc1cccc(C)c1N=C=NCCCCCN. The molecule has 3 nitrogen and oxygen atoms in total. The number of para-hydroxylation sites is 1. The van der Waals surface area contributed by atoms with Crippen LogP contribution in [0.25, 0.3) is 0 Å². The molecule has 0 bridgehead atoms. The molecule has 1 rings (SSSR count). The van der Waals surface area contributed by atoms with Gasteiger partial charge in [-0.25, -0.2) is 4.99 Å². The molecule has 1 aromatic rings.